The maximum Gasteiger partial charge on any atom is 0.326 e. The van der Waals surface area contributed by atoms with E-state index in [4.69, 9.17) is 15.2 Å². The molecule has 0 aromatic carbocycles. The molecule has 0 amide bonds. The lowest BCUT2D eigenvalue weighted by molar-refractivity contribution is -0.159. The highest BCUT2D eigenvalue weighted by Gasteiger charge is 2.31. The lowest BCUT2D eigenvalue weighted by Crippen LogP contribution is -2.47. The van der Waals surface area contributed by atoms with E-state index in [1.54, 1.807) is 6.92 Å². The van der Waals surface area contributed by atoms with E-state index in [0.717, 1.165) is 19.3 Å². The van der Waals surface area contributed by atoms with Crippen molar-refractivity contribution in [3.63, 3.8) is 0 Å². The van der Waals surface area contributed by atoms with Gasteiger partial charge in [-0.15, -0.1) is 0 Å². The van der Waals surface area contributed by atoms with Crippen LogP contribution in [0, 0.1) is 0 Å². The fourth-order valence-electron chi connectivity index (χ4n) is 1.70. The van der Waals surface area contributed by atoms with E-state index in [0.29, 0.717) is 19.6 Å². The fraction of sp³-hybridized carbons (Fsp3) is 0.909. The molecule has 4 nitrogen and oxygen atoms in total. The van der Waals surface area contributed by atoms with Gasteiger partial charge in [-0.05, 0) is 13.3 Å². The summed E-state index contributed by atoms with van der Waals surface area (Å²) < 4.78 is 10.6. The zero-order valence-electron chi connectivity index (χ0n) is 9.62. The first-order chi connectivity index (χ1) is 7.06. The van der Waals surface area contributed by atoms with Crippen molar-refractivity contribution in [2.75, 3.05) is 13.2 Å². The molecular weight excluding hydrogens is 194 g/mol. The second-order valence-electron chi connectivity index (χ2n) is 4.38. The van der Waals surface area contributed by atoms with Crippen LogP contribution in [0.25, 0.3) is 0 Å². The monoisotopic (exact) mass is 215 g/mol. The first-order valence-corrected chi connectivity index (χ1v) is 5.64. The van der Waals surface area contributed by atoms with Gasteiger partial charge < -0.3 is 15.2 Å². The van der Waals surface area contributed by atoms with Crippen LogP contribution in [0.5, 0.6) is 0 Å². The molecule has 1 aliphatic heterocycles. The van der Waals surface area contributed by atoms with Crippen LogP contribution < -0.4 is 5.73 Å². The topological polar surface area (TPSA) is 61.6 Å². The quantitative estimate of drug-likeness (QED) is 0.716. The number of hydrogen-bond acceptors (Lipinski definition) is 4. The summed E-state index contributed by atoms with van der Waals surface area (Å²) in [5.41, 5.74) is 5.04. The third kappa shape index (κ3) is 3.80. The Morgan fingerprint density at radius 3 is 2.67 bits per heavy atom. The van der Waals surface area contributed by atoms with Crippen molar-refractivity contribution < 1.29 is 14.3 Å². The van der Waals surface area contributed by atoms with Gasteiger partial charge in [0.15, 0.2) is 0 Å². The maximum atomic E-state index is 11.7. The summed E-state index contributed by atoms with van der Waals surface area (Å²) in [6.45, 7) is 5.09. The summed E-state index contributed by atoms with van der Waals surface area (Å²) in [7, 11) is 0. The first kappa shape index (κ1) is 12.5. The van der Waals surface area contributed by atoms with Crippen molar-refractivity contribution in [3.8, 4) is 0 Å². The summed E-state index contributed by atoms with van der Waals surface area (Å²) in [5.74, 6) is -0.281. The predicted octanol–water partition coefficient (Wildman–Crippen LogP) is 1.23. The van der Waals surface area contributed by atoms with E-state index < -0.39 is 5.54 Å². The number of ether oxygens (including phenoxy) is 2. The molecule has 88 valence electrons. The Labute approximate surface area is 91.1 Å². The minimum absolute atomic E-state index is 0.00835. The third-order valence-electron chi connectivity index (χ3n) is 2.68. The van der Waals surface area contributed by atoms with E-state index in [1.165, 1.54) is 0 Å². The molecule has 0 bridgehead atoms. The van der Waals surface area contributed by atoms with E-state index in [9.17, 15) is 4.79 Å². The molecule has 0 spiro atoms. The van der Waals surface area contributed by atoms with E-state index in [2.05, 4.69) is 0 Å². The number of nitrogens with two attached hydrogens (primary N) is 1. The summed E-state index contributed by atoms with van der Waals surface area (Å²) in [6, 6.07) is 0. The second-order valence-corrected chi connectivity index (χ2v) is 4.38. The van der Waals surface area contributed by atoms with Gasteiger partial charge in [0.05, 0.1) is 13.2 Å². The minimum Gasteiger partial charge on any atom is -0.461 e. The van der Waals surface area contributed by atoms with Crippen LogP contribution in [0.4, 0.5) is 0 Å². The van der Waals surface area contributed by atoms with Gasteiger partial charge >= 0.3 is 5.97 Å². The average Bonchev–Trinajstić information content (AvgIpc) is 2.19. The molecule has 1 aliphatic rings. The van der Waals surface area contributed by atoms with Gasteiger partial charge in [0, 0.05) is 12.8 Å². The second kappa shape index (κ2) is 5.47. The van der Waals surface area contributed by atoms with Crippen LogP contribution >= 0.6 is 0 Å². The lowest BCUT2D eigenvalue weighted by Gasteiger charge is -2.28. The molecule has 0 aromatic heterocycles. The molecule has 1 saturated heterocycles. The molecule has 1 atom stereocenters. The number of carbonyl (C=O) groups excluding carboxylic acids is 1. The van der Waals surface area contributed by atoms with Crippen molar-refractivity contribution in [1.29, 1.82) is 0 Å². The van der Waals surface area contributed by atoms with Crippen LogP contribution in [-0.4, -0.2) is 30.8 Å². The first-order valence-electron chi connectivity index (χ1n) is 5.64. The minimum atomic E-state index is -0.840. The van der Waals surface area contributed by atoms with Crippen molar-refractivity contribution in [2.24, 2.45) is 5.73 Å². The SMILES string of the molecule is CCCC(C)(N)C(=O)OC1CCOCC1. The highest BCUT2D eigenvalue weighted by Crippen LogP contribution is 2.16. The van der Waals surface area contributed by atoms with Crippen LogP contribution in [0.15, 0.2) is 0 Å². The standard InChI is InChI=1S/C11H21NO3/c1-3-6-11(2,12)10(13)15-9-4-7-14-8-5-9/h9H,3-8,12H2,1-2H3. The average molecular weight is 215 g/mol. The highest BCUT2D eigenvalue weighted by atomic mass is 16.6. The summed E-state index contributed by atoms with van der Waals surface area (Å²) in [4.78, 5) is 11.7. The van der Waals surface area contributed by atoms with Crippen LogP contribution in [0.2, 0.25) is 0 Å². The highest BCUT2D eigenvalue weighted by molar-refractivity contribution is 5.80. The molecule has 1 heterocycles. The van der Waals surface area contributed by atoms with Gasteiger partial charge in [-0.3, -0.25) is 4.79 Å². The largest absolute Gasteiger partial charge is 0.461 e. The molecule has 1 rings (SSSR count). The number of esters is 1. The molecule has 0 saturated carbocycles. The van der Waals surface area contributed by atoms with Crippen LogP contribution in [-0.2, 0) is 14.3 Å². The molecule has 0 aromatic rings. The summed E-state index contributed by atoms with van der Waals surface area (Å²) >= 11 is 0. The Kier molecular flexibility index (Phi) is 4.54. The molecule has 1 unspecified atom stereocenters. The van der Waals surface area contributed by atoms with E-state index in [1.807, 2.05) is 6.92 Å². The molecular formula is C11H21NO3. The number of hydrogen-bond donors (Lipinski definition) is 1. The Hall–Kier alpha value is -0.610. The van der Waals surface area contributed by atoms with Crippen LogP contribution in [0.3, 0.4) is 0 Å². The predicted molar refractivity (Wildman–Crippen MR) is 57.4 cm³/mol. The molecule has 2 N–H and O–H groups in total. The lowest BCUT2D eigenvalue weighted by atomic mass is 9.98. The van der Waals surface area contributed by atoms with Crippen LogP contribution in [0.1, 0.15) is 39.5 Å². The summed E-state index contributed by atoms with van der Waals surface area (Å²) in [5, 5.41) is 0. The molecule has 15 heavy (non-hydrogen) atoms. The zero-order chi connectivity index (χ0) is 11.3. The Balaban J connectivity index is 2.39. The smallest absolute Gasteiger partial charge is 0.326 e. The van der Waals surface area contributed by atoms with Crippen molar-refractivity contribution in [1.82, 2.24) is 0 Å². The zero-order valence-corrected chi connectivity index (χ0v) is 9.62. The Morgan fingerprint density at radius 1 is 1.53 bits per heavy atom. The van der Waals surface area contributed by atoms with Crippen molar-refractivity contribution >= 4 is 5.97 Å². The molecule has 1 fully saturated rings. The van der Waals surface area contributed by atoms with Gasteiger partial charge in [-0.1, -0.05) is 13.3 Å². The Morgan fingerprint density at radius 2 is 2.13 bits per heavy atom. The molecule has 0 aliphatic carbocycles. The van der Waals surface area contributed by atoms with Gasteiger partial charge in [0.25, 0.3) is 0 Å². The van der Waals surface area contributed by atoms with Gasteiger partial charge in [0.1, 0.15) is 11.6 Å². The number of rotatable bonds is 4. The molecule has 4 heteroatoms. The van der Waals surface area contributed by atoms with Gasteiger partial charge in [0.2, 0.25) is 0 Å². The molecule has 0 radical (unpaired) electrons. The fourth-order valence-corrected chi connectivity index (χ4v) is 1.70. The van der Waals surface area contributed by atoms with Gasteiger partial charge in [-0.25, -0.2) is 0 Å². The van der Waals surface area contributed by atoms with Crippen molar-refractivity contribution in [3.05, 3.63) is 0 Å². The Bertz CT molecular complexity index is 210. The third-order valence-corrected chi connectivity index (χ3v) is 2.68. The normalized spacial score (nSPS) is 22.1. The number of carbonyl (C=O) groups is 1. The van der Waals surface area contributed by atoms with E-state index in [-0.39, 0.29) is 12.1 Å². The van der Waals surface area contributed by atoms with E-state index >= 15 is 0 Å². The van der Waals surface area contributed by atoms with Crippen molar-refractivity contribution in [2.45, 2.75) is 51.2 Å². The van der Waals surface area contributed by atoms with Gasteiger partial charge in [-0.2, -0.15) is 0 Å². The maximum absolute atomic E-state index is 11.7. The summed E-state index contributed by atoms with van der Waals surface area (Å²) in [6.07, 6.45) is 3.11.